The van der Waals surface area contributed by atoms with E-state index in [4.69, 9.17) is 9.47 Å². The van der Waals surface area contributed by atoms with E-state index in [9.17, 15) is 4.79 Å². The fraction of sp³-hybridized carbons (Fsp3) is 0.190. The third-order valence-electron chi connectivity index (χ3n) is 4.26. The number of carbonyl (C=O) groups excluding carboxylic acids is 1. The number of para-hydroxylation sites is 1. The Balaban J connectivity index is 1.94. The van der Waals surface area contributed by atoms with E-state index < -0.39 is 12.1 Å². The number of fused-ring (bicyclic) bond motifs is 1. The number of aromatic nitrogens is 1. The van der Waals surface area contributed by atoms with Crippen LogP contribution < -0.4 is 4.74 Å². The molecule has 0 saturated heterocycles. The van der Waals surface area contributed by atoms with Gasteiger partial charge in [0.15, 0.2) is 6.10 Å². The van der Waals surface area contributed by atoms with Crippen LogP contribution in [0.2, 0.25) is 0 Å². The predicted octanol–water partition coefficient (Wildman–Crippen LogP) is 5.05. The lowest BCUT2D eigenvalue weighted by Crippen LogP contribution is -2.25. The standard InChI is InChI=1S/C21H20BrNO3/c1-14(21(24)25-3)26-20-10-6-8-18(22)17(20)12-11-16-13-15-7-4-5-9-19(15)23(16)2/h4-14H,1-3H3. The molecule has 0 bridgehead atoms. The van der Waals surface area contributed by atoms with Crippen LogP contribution in [0.15, 0.2) is 53.0 Å². The minimum atomic E-state index is -0.681. The molecule has 4 nitrogen and oxygen atoms in total. The molecule has 2 aromatic carbocycles. The molecule has 1 heterocycles. The summed E-state index contributed by atoms with van der Waals surface area (Å²) in [4.78, 5) is 11.7. The van der Waals surface area contributed by atoms with Crippen molar-refractivity contribution >= 4 is 45.0 Å². The molecule has 1 atom stereocenters. The van der Waals surface area contributed by atoms with Gasteiger partial charge in [0.25, 0.3) is 0 Å². The van der Waals surface area contributed by atoms with Crippen molar-refractivity contribution in [3.63, 3.8) is 0 Å². The van der Waals surface area contributed by atoms with Crippen LogP contribution in [0.1, 0.15) is 18.2 Å². The number of ether oxygens (including phenoxy) is 2. The van der Waals surface area contributed by atoms with Crippen LogP contribution in [0.4, 0.5) is 0 Å². The normalized spacial score (nSPS) is 12.5. The molecule has 0 spiro atoms. The van der Waals surface area contributed by atoms with E-state index in [1.54, 1.807) is 6.92 Å². The van der Waals surface area contributed by atoms with Gasteiger partial charge in [-0.3, -0.25) is 0 Å². The van der Waals surface area contributed by atoms with Gasteiger partial charge in [-0.25, -0.2) is 4.79 Å². The predicted molar refractivity (Wildman–Crippen MR) is 108 cm³/mol. The molecule has 1 aromatic heterocycles. The Morgan fingerprint density at radius 3 is 2.65 bits per heavy atom. The lowest BCUT2D eigenvalue weighted by molar-refractivity contribution is -0.147. The molecule has 1 unspecified atom stereocenters. The van der Waals surface area contributed by atoms with E-state index in [0.29, 0.717) is 5.75 Å². The molecule has 0 N–H and O–H groups in total. The fourth-order valence-electron chi connectivity index (χ4n) is 2.83. The molecule has 3 rings (SSSR count). The van der Waals surface area contributed by atoms with Gasteiger partial charge >= 0.3 is 5.97 Å². The van der Waals surface area contributed by atoms with Gasteiger partial charge in [-0.2, -0.15) is 0 Å². The average molecular weight is 414 g/mol. The number of carbonyl (C=O) groups is 1. The maximum atomic E-state index is 11.7. The Kier molecular flexibility index (Phi) is 5.47. The van der Waals surface area contributed by atoms with Gasteiger partial charge in [-0.05, 0) is 43.3 Å². The Hall–Kier alpha value is -2.53. The number of benzene rings is 2. The lowest BCUT2D eigenvalue weighted by Gasteiger charge is -2.15. The molecule has 3 aromatic rings. The van der Waals surface area contributed by atoms with E-state index in [1.165, 1.54) is 18.0 Å². The van der Waals surface area contributed by atoms with Crippen molar-refractivity contribution in [3.8, 4) is 5.75 Å². The van der Waals surface area contributed by atoms with Crippen molar-refractivity contribution in [2.24, 2.45) is 7.05 Å². The highest BCUT2D eigenvalue weighted by Crippen LogP contribution is 2.30. The van der Waals surface area contributed by atoms with E-state index in [0.717, 1.165) is 15.7 Å². The number of methoxy groups -OCH3 is 1. The second-order valence-corrected chi connectivity index (χ2v) is 6.81. The van der Waals surface area contributed by atoms with E-state index in [2.05, 4.69) is 38.7 Å². The first-order valence-electron chi connectivity index (χ1n) is 8.27. The van der Waals surface area contributed by atoms with Gasteiger partial charge in [-0.1, -0.05) is 40.2 Å². The van der Waals surface area contributed by atoms with E-state index in [-0.39, 0.29) is 0 Å². The first-order valence-corrected chi connectivity index (χ1v) is 9.06. The van der Waals surface area contributed by atoms with Crippen LogP contribution in [-0.4, -0.2) is 23.8 Å². The molecular weight excluding hydrogens is 394 g/mol. The van der Waals surface area contributed by atoms with Gasteiger partial charge < -0.3 is 14.0 Å². The van der Waals surface area contributed by atoms with Crippen LogP contribution in [-0.2, 0) is 16.6 Å². The zero-order valence-corrected chi connectivity index (χ0v) is 16.5. The molecule has 0 aliphatic carbocycles. The Morgan fingerprint density at radius 1 is 1.15 bits per heavy atom. The van der Waals surface area contributed by atoms with Gasteiger partial charge in [0.05, 0.1) is 7.11 Å². The third-order valence-corrected chi connectivity index (χ3v) is 4.95. The van der Waals surface area contributed by atoms with Gasteiger partial charge in [0.1, 0.15) is 5.75 Å². The minimum Gasteiger partial charge on any atom is -0.478 e. The second kappa shape index (κ2) is 7.79. The van der Waals surface area contributed by atoms with Crippen molar-refractivity contribution in [1.29, 1.82) is 0 Å². The molecule has 26 heavy (non-hydrogen) atoms. The topological polar surface area (TPSA) is 40.5 Å². The maximum absolute atomic E-state index is 11.7. The first kappa shape index (κ1) is 18.3. The molecule has 5 heteroatoms. The maximum Gasteiger partial charge on any atom is 0.346 e. The highest BCUT2D eigenvalue weighted by molar-refractivity contribution is 9.10. The number of nitrogens with zero attached hydrogens (tertiary/aromatic N) is 1. The SMILES string of the molecule is COC(=O)C(C)Oc1cccc(Br)c1C=Cc1cc2ccccc2n1C. The summed E-state index contributed by atoms with van der Waals surface area (Å²) in [7, 11) is 3.39. The van der Waals surface area contributed by atoms with E-state index >= 15 is 0 Å². The fourth-order valence-corrected chi connectivity index (χ4v) is 3.31. The smallest absolute Gasteiger partial charge is 0.346 e. The summed E-state index contributed by atoms with van der Waals surface area (Å²) in [5.41, 5.74) is 3.12. The lowest BCUT2D eigenvalue weighted by atomic mass is 10.1. The van der Waals surface area contributed by atoms with Crippen molar-refractivity contribution in [3.05, 3.63) is 64.3 Å². The zero-order valence-electron chi connectivity index (χ0n) is 14.9. The summed E-state index contributed by atoms with van der Waals surface area (Å²) in [6.45, 7) is 1.67. The molecule has 0 aliphatic heterocycles. The van der Waals surface area contributed by atoms with Crippen molar-refractivity contribution < 1.29 is 14.3 Å². The quantitative estimate of drug-likeness (QED) is 0.549. The summed E-state index contributed by atoms with van der Waals surface area (Å²) in [6, 6.07) is 16.0. The molecule has 0 aliphatic rings. The molecular formula is C21H20BrNO3. The van der Waals surface area contributed by atoms with Gasteiger partial charge in [-0.15, -0.1) is 0 Å². The minimum absolute atomic E-state index is 0.409. The average Bonchev–Trinajstić information content (AvgIpc) is 2.96. The zero-order chi connectivity index (χ0) is 18.7. The van der Waals surface area contributed by atoms with Crippen LogP contribution in [0.25, 0.3) is 23.1 Å². The first-order chi connectivity index (χ1) is 12.5. The van der Waals surface area contributed by atoms with Crippen LogP contribution >= 0.6 is 15.9 Å². The second-order valence-electron chi connectivity index (χ2n) is 5.96. The summed E-state index contributed by atoms with van der Waals surface area (Å²) < 4.78 is 13.6. The Bertz CT molecular complexity index is 975. The Morgan fingerprint density at radius 2 is 1.92 bits per heavy atom. The summed E-state index contributed by atoms with van der Waals surface area (Å²) >= 11 is 3.56. The molecule has 0 saturated carbocycles. The van der Waals surface area contributed by atoms with Crippen LogP contribution in [0, 0.1) is 0 Å². The summed E-state index contributed by atoms with van der Waals surface area (Å²) in [5.74, 6) is 0.209. The molecule has 0 fully saturated rings. The molecule has 0 amide bonds. The number of esters is 1. The summed E-state index contributed by atoms with van der Waals surface area (Å²) in [5, 5.41) is 1.19. The highest BCUT2D eigenvalue weighted by atomic mass is 79.9. The highest BCUT2D eigenvalue weighted by Gasteiger charge is 2.17. The van der Waals surface area contributed by atoms with Gasteiger partial charge in [0.2, 0.25) is 0 Å². The third kappa shape index (κ3) is 3.68. The number of hydrogen-bond donors (Lipinski definition) is 0. The van der Waals surface area contributed by atoms with Gasteiger partial charge in [0, 0.05) is 33.7 Å². The van der Waals surface area contributed by atoms with Crippen molar-refractivity contribution in [1.82, 2.24) is 4.57 Å². The largest absolute Gasteiger partial charge is 0.478 e. The number of halogens is 1. The number of rotatable bonds is 5. The Labute approximate surface area is 161 Å². The summed E-state index contributed by atoms with van der Waals surface area (Å²) in [6.07, 6.45) is 3.34. The molecule has 134 valence electrons. The van der Waals surface area contributed by atoms with Crippen LogP contribution in [0.5, 0.6) is 5.75 Å². The van der Waals surface area contributed by atoms with E-state index in [1.807, 2.05) is 49.5 Å². The number of aryl methyl sites for hydroxylation is 1. The monoisotopic (exact) mass is 413 g/mol. The van der Waals surface area contributed by atoms with Crippen molar-refractivity contribution in [2.75, 3.05) is 7.11 Å². The number of hydrogen-bond acceptors (Lipinski definition) is 3. The molecule has 0 radical (unpaired) electrons. The van der Waals surface area contributed by atoms with Crippen molar-refractivity contribution in [2.45, 2.75) is 13.0 Å². The van der Waals surface area contributed by atoms with Crippen LogP contribution in [0.3, 0.4) is 0 Å².